The Balaban J connectivity index is 2.08. The van der Waals surface area contributed by atoms with Gasteiger partial charge in [-0.3, -0.25) is 4.90 Å². The van der Waals surface area contributed by atoms with Gasteiger partial charge in [0, 0.05) is 25.2 Å². The molecular weight excluding hydrogens is 214 g/mol. The summed E-state index contributed by atoms with van der Waals surface area (Å²) < 4.78 is 21.3. The fourth-order valence-corrected chi connectivity index (χ4v) is 1.94. The van der Waals surface area contributed by atoms with Crippen LogP contribution in [0.1, 0.15) is 19.8 Å². The molecule has 0 saturated heterocycles. The third-order valence-electron chi connectivity index (χ3n) is 2.82. The highest BCUT2D eigenvalue weighted by molar-refractivity contribution is 7.89. The summed E-state index contributed by atoms with van der Waals surface area (Å²) in [7, 11) is -1.21. The molecule has 0 heterocycles. The van der Waals surface area contributed by atoms with Crippen molar-refractivity contribution in [1.29, 1.82) is 0 Å². The van der Waals surface area contributed by atoms with Gasteiger partial charge in [0.05, 0.1) is 5.75 Å². The first-order chi connectivity index (χ1) is 6.90. The Labute approximate surface area is 92.1 Å². The third-order valence-corrected chi connectivity index (χ3v) is 3.59. The molecule has 3 N–H and O–H groups in total. The molecule has 0 aromatic carbocycles. The molecule has 90 valence electrons. The molecule has 5 nitrogen and oxygen atoms in total. The molecule has 0 amide bonds. The van der Waals surface area contributed by atoms with Crippen molar-refractivity contribution in [1.82, 2.24) is 10.2 Å². The van der Waals surface area contributed by atoms with Gasteiger partial charge in [-0.25, -0.2) is 13.6 Å². The van der Waals surface area contributed by atoms with Crippen LogP contribution in [0.5, 0.6) is 0 Å². The molecule has 1 unspecified atom stereocenters. The number of hydrogen-bond donors (Lipinski definition) is 2. The fraction of sp³-hybridized carbons (Fsp3) is 1.00. The SMILES string of the molecule is CC(CNCCS(N)(=O)=O)N(C)C1CC1. The van der Waals surface area contributed by atoms with Gasteiger partial charge in [-0.2, -0.15) is 0 Å². The fourth-order valence-electron chi connectivity index (χ4n) is 1.51. The lowest BCUT2D eigenvalue weighted by molar-refractivity contribution is 0.242. The van der Waals surface area contributed by atoms with E-state index in [2.05, 4.69) is 24.2 Å². The summed E-state index contributed by atoms with van der Waals surface area (Å²) in [6.07, 6.45) is 2.58. The number of nitrogens with one attached hydrogen (secondary N) is 1. The monoisotopic (exact) mass is 235 g/mol. The van der Waals surface area contributed by atoms with E-state index in [0.717, 1.165) is 12.6 Å². The van der Waals surface area contributed by atoms with Crippen molar-refractivity contribution >= 4 is 10.0 Å². The molecule has 1 saturated carbocycles. The summed E-state index contributed by atoms with van der Waals surface area (Å²) in [5.74, 6) is 0.00681. The topological polar surface area (TPSA) is 75.4 Å². The maximum atomic E-state index is 10.7. The van der Waals surface area contributed by atoms with Crippen molar-refractivity contribution in [3.8, 4) is 0 Å². The number of hydrogen-bond acceptors (Lipinski definition) is 4. The van der Waals surface area contributed by atoms with E-state index < -0.39 is 10.0 Å². The molecule has 0 aliphatic heterocycles. The van der Waals surface area contributed by atoms with Crippen molar-refractivity contribution in [2.45, 2.75) is 31.8 Å². The number of nitrogens with two attached hydrogens (primary N) is 1. The Morgan fingerprint density at radius 1 is 1.53 bits per heavy atom. The van der Waals surface area contributed by atoms with E-state index >= 15 is 0 Å². The average Bonchev–Trinajstić information content (AvgIpc) is 2.92. The molecule has 0 aromatic rings. The van der Waals surface area contributed by atoms with Crippen LogP contribution < -0.4 is 10.5 Å². The lowest BCUT2D eigenvalue weighted by atomic mass is 10.3. The second kappa shape index (κ2) is 5.25. The highest BCUT2D eigenvalue weighted by atomic mass is 32.2. The number of rotatable bonds is 7. The molecule has 0 radical (unpaired) electrons. The zero-order valence-electron chi connectivity index (χ0n) is 9.44. The summed E-state index contributed by atoms with van der Waals surface area (Å²) in [6, 6.07) is 1.18. The van der Waals surface area contributed by atoms with E-state index in [-0.39, 0.29) is 5.75 Å². The smallest absolute Gasteiger partial charge is 0.210 e. The van der Waals surface area contributed by atoms with Gasteiger partial charge in [-0.15, -0.1) is 0 Å². The molecule has 0 bridgehead atoms. The number of nitrogens with zero attached hydrogens (tertiary/aromatic N) is 1. The zero-order valence-corrected chi connectivity index (χ0v) is 10.3. The summed E-state index contributed by atoms with van der Waals surface area (Å²) in [5, 5.41) is 8.00. The Kier molecular flexibility index (Phi) is 4.51. The van der Waals surface area contributed by atoms with E-state index in [9.17, 15) is 8.42 Å². The molecule has 15 heavy (non-hydrogen) atoms. The highest BCUT2D eigenvalue weighted by Gasteiger charge is 2.28. The van der Waals surface area contributed by atoms with Crippen molar-refractivity contribution in [2.75, 3.05) is 25.9 Å². The maximum Gasteiger partial charge on any atom is 0.210 e. The first kappa shape index (κ1) is 12.9. The van der Waals surface area contributed by atoms with Crippen LogP contribution >= 0.6 is 0 Å². The zero-order chi connectivity index (χ0) is 11.5. The molecular formula is C9H21N3O2S. The first-order valence-corrected chi connectivity index (χ1v) is 7.05. The minimum absolute atomic E-state index is 0.00681. The van der Waals surface area contributed by atoms with E-state index in [1.165, 1.54) is 12.8 Å². The second-order valence-corrected chi connectivity index (χ2v) is 6.05. The summed E-state index contributed by atoms with van der Waals surface area (Å²) >= 11 is 0. The van der Waals surface area contributed by atoms with E-state index in [0.29, 0.717) is 12.6 Å². The molecule has 1 aliphatic rings. The lowest BCUT2D eigenvalue weighted by Gasteiger charge is -2.24. The Bertz CT molecular complexity index is 288. The third kappa shape index (κ3) is 5.46. The quantitative estimate of drug-likeness (QED) is 0.575. The van der Waals surface area contributed by atoms with Gasteiger partial charge < -0.3 is 5.32 Å². The van der Waals surface area contributed by atoms with Crippen molar-refractivity contribution in [3.63, 3.8) is 0 Å². The molecule has 0 aromatic heterocycles. The maximum absolute atomic E-state index is 10.7. The summed E-state index contributed by atoms with van der Waals surface area (Å²) in [4.78, 5) is 2.34. The summed E-state index contributed by atoms with van der Waals surface area (Å²) in [5.41, 5.74) is 0. The normalized spacial score (nSPS) is 19.5. The average molecular weight is 235 g/mol. The number of primary sulfonamides is 1. The molecule has 0 spiro atoms. The molecule has 1 aliphatic carbocycles. The van der Waals surface area contributed by atoms with Gasteiger partial charge in [-0.05, 0) is 26.8 Å². The Morgan fingerprint density at radius 3 is 2.60 bits per heavy atom. The summed E-state index contributed by atoms with van der Waals surface area (Å²) in [6.45, 7) is 3.38. The van der Waals surface area contributed by atoms with Crippen LogP contribution in [0, 0.1) is 0 Å². The Hall–Kier alpha value is -0.170. The standard InChI is InChI=1S/C9H21N3O2S/c1-8(12(2)9-3-4-9)7-11-5-6-15(10,13)14/h8-9,11H,3-7H2,1-2H3,(H2,10,13,14). The van der Waals surface area contributed by atoms with Crippen LogP contribution in [-0.2, 0) is 10.0 Å². The van der Waals surface area contributed by atoms with Crippen LogP contribution in [0.4, 0.5) is 0 Å². The van der Waals surface area contributed by atoms with Crippen molar-refractivity contribution in [2.24, 2.45) is 5.14 Å². The van der Waals surface area contributed by atoms with Gasteiger partial charge in [-0.1, -0.05) is 0 Å². The van der Waals surface area contributed by atoms with Crippen LogP contribution in [0.2, 0.25) is 0 Å². The number of sulfonamides is 1. The predicted octanol–water partition coefficient (Wildman–Crippen LogP) is -0.653. The predicted molar refractivity (Wildman–Crippen MR) is 61.1 cm³/mol. The molecule has 1 atom stereocenters. The first-order valence-electron chi connectivity index (χ1n) is 5.33. The van der Waals surface area contributed by atoms with Gasteiger partial charge in [0.15, 0.2) is 0 Å². The van der Waals surface area contributed by atoms with Gasteiger partial charge in [0.2, 0.25) is 10.0 Å². The lowest BCUT2D eigenvalue weighted by Crippen LogP contribution is -2.40. The van der Waals surface area contributed by atoms with Gasteiger partial charge in [0.25, 0.3) is 0 Å². The van der Waals surface area contributed by atoms with Gasteiger partial charge >= 0.3 is 0 Å². The van der Waals surface area contributed by atoms with Crippen molar-refractivity contribution < 1.29 is 8.42 Å². The minimum atomic E-state index is -3.32. The second-order valence-electron chi connectivity index (χ2n) is 4.32. The Morgan fingerprint density at radius 2 is 2.13 bits per heavy atom. The molecule has 1 rings (SSSR count). The largest absolute Gasteiger partial charge is 0.314 e. The van der Waals surface area contributed by atoms with E-state index in [1.807, 2.05) is 0 Å². The highest BCUT2D eigenvalue weighted by Crippen LogP contribution is 2.26. The van der Waals surface area contributed by atoms with Crippen LogP contribution in [-0.4, -0.2) is 51.3 Å². The van der Waals surface area contributed by atoms with Crippen LogP contribution in [0.15, 0.2) is 0 Å². The van der Waals surface area contributed by atoms with Crippen LogP contribution in [0.3, 0.4) is 0 Å². The van der Waals surface area contributed by atoms with E-state index in [4.69, 9.17) is 5.14 Å². The van der Waals surface area contributed by atoms with Crippen LogP contribution in [0.25, 0.3) is 0 Å². The molecule has 1 fully saturated rings. The minimum Gasteiger partial charge on any atom is -0.314 e. The van der Waals surface area contributed by atoms with E-state index in [1.54, 1.807) is 0 Å². The van der Waals surface area contributed by atoms with Crippen molar-refractivity contribution in [3.05, 3.63) is 0 Å². The molecule has 6 heteroatoms. The number of likely N-dealkylation sites (N-methyl/N-ethyl adjacent to an activating group) is 1. The van der Waals surface area contributed by atoms with Gasteiger partial charge in [0.1, 0.15) is 0 Å².